The molecule has 1 aliphatic carbocycles. The second kappa shape index (κ2) is 15.8. The predicted octanol–water partition coefficient (Wildman–Crippen LogP) is 4.30. The molecule has 4 unspecified atom stereocenters. The van der Waals surface area contributed by atoms with Crippen molar-refractivity contribution in [2.45, 2.75) is 94.0 Å². The number of ether oxygens (including phenoxy) is 1. The number of hydrogen-bond acceptors (Lipinski definition) is 11. The Morgan fingerprint density at radius 2 is 1.81 bits per heavy atom. The number of carbonyl (C=O) groups is 3. The Morgan fingerprint density at radius 3 is 2.52 bits per heavy atom. The second-order valence-electron chi connectivity index (χ2n) is 17.7. The van der Waals surface area contributed by atoms with Crippen molar-refractivity contribution in [3.05, 3.63) is 64.6 Å². The van der Waals surface area contributed by atoms with Crippen molar-refractivity contribution >= 4 is 51.6 Å². The van der Waals surface area contributed by atoms with Gasteiger partial charge in [0, 0.05) is 58.5 Å². The summed E-state index contributed by atoms with van der Waals surface area (Å²) in [6, 6.07) is 4.75. The van der Waals surface area contributed by atoms with Gasteiger partial charge in [0.2, 0.25) is 11.8 Å². The zero-order chi connectivity index (χ0) is 43.9. The molecule has 17 nitrogen and oxygen atoms in total. The predicted molar refractivity (Wildman–Crippen MR) is 221 cm³/mol. The van der Waals surface area contributed by atoms with E-state index in [0.29, 0.717) is 80.0 Å². The largest absolute Gasteiger partial charge is 0.371 e. The van der Waals surface area contributed by atoms with E-state index in [1.54, 1.807) is 48.3 Å². The first-order chi connectivity index (χ1) is 30.2. The highest BCUT2D eigenvalue weighted by atomic mass is 19.3. The number of hydrogen-bond donors (Lipinski definition) is 2. The lowest BCUT2D eigenvalue weighted by molar-refractivity contribution is -0.135. The maximum atomic E-state index is 16.2. The van der Waals surface area contributed by atoms with Crippen LogP contribution < -0.4 is 26.1 Å². The van der Waals surface area contributed by atoms with Crippen LogP contribution in [0.15, 0.2) is 47.7 Å². The number of halogens is 4. The maximum absolute atomic E-state index is 16.2. The number of benzene rings is 1. The molecule has 6 aliphatic rings. The number of alkyl halides is 4. The molecule has 9 heterocycles. The Labute approximate surface area is 357 Å². The molecule has 1 saturated carbocycles. The van der Waals surface area contributed by atoms with Crippen molar-refractivity contribution in [1.29, 1.82) is 0 Å². The van der Waals surface area contributed by atoms with Crippen molar-refractivity contribution in [2.75, 3.05) is 54.9 Å². The number of amides is 3. The van der Waals surface area contributed by atoms with Crippen LogP contribution in [0.5, 0.6) is 0 Å². The third kappa shape index (κ3) is 7.41. The topological polar surface area (TPSA) is 169 Å². The van der Waals surface area contributed by atoms with Gasteiger partial charge in [-0.3, -0.25) is 38.4 Å². The normalized spacial score (nSPS) is 26.2. The van der Waals surface area contributed by atoms with Crippen molar-refractivity contribution in [1.82, 2.24) is 43.7 Å². The number of imide groups is 1. The van der Waals surface area contributed by atoms with Gasteiger partial charge < -0.3 is 19.9 Å². The van der Waals surface area contributed by atoms with E-state index < -0.39 is 60.1 Å². The van der Waals surface area contributed by atoms with Crippen molar-refractivity contribution in [2.24, 2.45) is 13.0 Å². The van der Waals surface area contributed by atoms with E-state index in [0.717, 1.165) is 6.42 Å². The first kappa shape index (κ1) is 41.2. The van der Waals surface area contributed by atoms with Gasteiger partial charge in [0.05, 0.1) is 59.4 Å². The number of fused-ring (bicyclic) bond motifs is 4. The molecule has 3 amide bonds. The minimum absolute atomic E-state index is 0.0878. The fraction of sp³-hybridized carbons (Fsp3) is 0.548. The number of morpholine rings is 1. The van der Waals surface area contributed by atoms with Gasteiger partial charge in [-0.1, -0.05) is 6.07 Å². The molecule has 0 spiro atoms. The lowest BCUT2D eigenvalue weighted by Crippen LogP contribution is -2.58. The number of rotatable bonds is 10. The minimum atomic E-state index is -3.11. The molecule has 5 aliphatic heterocycles. The van der Waals surface area contributed by atoms with Crippen molar-refractivity contribution in [3.8, 4) is 0 Å². The van der Waals surface area contributed by atoms with E-state index in [-0.39, 0.29) is 54.7 Å². The molecule has 21 heteroatoms. The molecule has 334 valence electrons. The summed E-state index contributed by atoms with van der Waals surface area (Å²) in [6.07, 6.45) is 5.85. The van der Waals surface area contributed by atoms with Crippen LogP contribution in [0.4, 0.5) is 34.8 Å². The third-order valence-corrected chi connectivity index (χ3v) is 13.7. The van der Waals surface area contributed by atoms with E-state index in [2.05, 4.69) is 25.7 Å². The first-order valence-electron chi connectivity index (χ1n) is 21.5. The average Bonchev–Trinajstić information content (AvgIpc) is 3.94. The van der Waals surface area contributed by atoms with E-state index in [1.807, 2.05) is 6.07 Å². The Hall–Kier alpha value is -5.83. The third-order valence-electron chi connectivity index (χ3n) is 13.7. The molecule has 0 radical (unpaired) electrons. The van der Waals surface area contributed by atoms with Gasteiger partial charge in [0.15, 0.2) is 11.3 Å². The molecule has 11 rings (SSSR count). The quantitative estimate of drug-likeness (QED) is 0.152. The molecule has 6 fully saturated rings. The highest BCUT2D eigenvalue weighted by Crippen LogP contribution is 2.40. The Balaban J connectivity index is 0.770. The molecule has 4 atom stereocenters. The standard InChI is InChI=1S/C42H48F4N12O5/c1-52(32-12-14-54(22-42(32,45)46)29-4-3-5-30-36(29)53(2)41(62)58(30)31-10-11-34(59)50-40(31)61)18-23-6-8-24(9-7-23)57-21-28(35(51-57)37(43)44)48-39(60)27-17-47-56-15-13-33(49-38(27)56)55-19-25-16-26(20-55)63-25/h3-5,13,15,17,21,23-26,31-32,37H,6-12,14,16,18-20,22H2,1-2H3,(H,48,60)(H,50,59,61)/t23-,24-,25?,26?,31?,32?. The van der Waals surface area contributed by atoms with Crippen LogP contribution in [0.2, 0.25) is 0 Å². The first-order valence-corrected chi connectivity index (χ1v) is 21.5. The summed E-state index contributed by atoms with van der Waals surface area (Å²) in [5.41, 5.74) is 0.671. The van der Waals surface area contributed by atoms with E-state index in [9.17, 15) is 28.0 Å². The molecule has 2 bridgehead atoms. The summed E-state index contributed by atoms with van der Waals surface area (Å²) < 4.78 is 72.4. The van der Waals surface area contributed by atoms with Crippen LogP contribution in [0.3, 0.4) is 0 Å². The van der Waals surface area contributed by atoms with Crippen molar-refractivity contribution < 1.29 is 36.7 Å². The van der Waals surface area contributed by atoms with E-state index >= 15 is 8.78 Å². The van der Waals surface area contributed by atoms with Gasteiger partial charge in [-0.2, -0.15) is 10.2 Å². The van der Waals surface area contributed by atoms with Gasteiger partial charge in [-0.15, -0.1) is 0 Å². The van der Waals surface area contributed by atoms with Crippen LogP contribution in [0.25, 0.3) is 16.7 Å². The number of piperidine rings is 3. The van der Waals surface area contributed by atoms with Gasteiger partial charge >= 0.3 is 5.69 Å². The molecular formula is C42H48F4N12O5. The summed E-state index contributed by atoms with van der Waals surface area (Å²) >= 11 is 0. The van der Waals surface area contributed by atoms with Crippen LogP contribution in [-0.2, 0) is 21.4 Å². The summed E-state index contributed by atoms with van der Waals surface area (Å²) in [6.45, 7) is 1.55. The smallest absolute Gasteiger partial charge is 0.329 e. The summed E-state index contributed by atoms with van der Waals surface area (Å²) in [5, 5.41) is 13.4. The van der Waals surface area contributed by atoms with Gasteiger partial charge in [-0.25, -0.2) is 31.9 Å². The second-order valence-corrected chi connectivity index (χ2v) is 17.7. The number of imidazole rings is 1. The SMILES string of the molecule is CN(C[C@H]1CC[C@H](n2cc(NC(=O)c3cnn4ccc(N5CC6CC(C5)O6)nc34)c(C(F)F)n2)CC1)C1CCN(c2cccc3c2n(C)c(=O)n3C2CCC(=O)NC2=O)CC1(F)F. The zero-order valence-electron chi connectivity index (χ0n) is 34.8. The van der Waals surface area contributed by atoms with E-state index in [4.69, 9.17) is 9.72 Å². The lowest BCUT2D eigenvalue weighted by atomic mass is 9.85. The molecule has 5 saturated heterocycles. The monoisotopic (exact) mass is 876 g/mol. The molecule has 4 aromatic heterocycles. The average molecular weight is 877 g/mol. The van der Waals surface area contributed by atoms with Crippen LogP contribution in [-0.4, -0.2) is 120 Å². The summed E-state index contributed by atoms with van der Waals surface area (Å²) in [7, 11) is 3.27. The Kier molecular flexibility index (Phi) is 10.3. The highest BCUT2D eigenvalue weighted by molar-refractivity contribution is 6.08. The maximum Gasteiger partial charge on any atom is 0.329 e. The van der Waals surface area contributed by atoms with Crippen LogP contribution >= 0.6 is 0 Å². The number of aromatic nitrogens is 7. The minimum Gasteiger partial charge on any atom is -0.371 e. The summed E-state index contributed by atoms with van der Waals surface area (Å²) in [4.78, 5) is 61.6. The molecule has 5 aromatic rings. The number of aryl methyl sites for hydroxylation is 1. The van der Waals surface area contributed by atoms with Gasteiger partial charge in [-0.05, 0) is 69.7 Å². The van der Waals surface area contributed by atoms with Crippen molar-refractivity contribution in [3.63, 3.8) is 0 Å². The lowest BCUT2D eigenvalue weighted by Gasteiger charge is -2.47. The molecular weight excluding hydrogens is 829 g/mol. The number of nitrogens with one attached hydrogen (secondary N) is 2. The fourth-order valence-electron chi connectivity index (χ4n) is 10.5. The number of anilines is 3. The van der Waals surface area contributed by atoms with Gasteiger partial charge in [0.1, 0.15) is 17.4 Å². The van der Waals surface area contributed by atoms with Crippen LogP contribution in [0, 0.1) is 5.92 Å². The number of para-hydroxylation sites is 1. The highest BCUT2D eigenvalue weighted by Gasteiger charge is 2.48. The van der Waals surface area contributed by atoms with Crippen LogP contribution in [0.1, 0.15) is 85.9 Å². The fourth-order valence-corrected chi connectivity index (χ4v) is 10.5. The zero-order valence-corrected chi connectivity index (χ0v) is 34.8. The molecule has 63 heavy (non-hydrogen) atoms. The number of nitrogens with zero attached hydrogens (tertiary/aromatic N) is 10. The molecule has 2 N–H and O–H groups in total. The summed E-state index contributed by atoms with van der Waals surface area (Å²) in [5.74, 6) is -3.94. The Bertz CT molecular complexity index is 2650. The Morgan fingerprint density at radius 1 is 1.05 bits per heavy atom. The number of carbonyl (C=O) groups excluding carboxylic acids is 3. The van der Waals surface area contributed by atoms with E-state index in [1.165, 1.54) is 30.7 Å². The van der Waals surface area contributed by atoms with Gasteiger partial charge in [0.25, 0.3) is 18.3 Å². The molecule has 1 aromatic carbocycles.